The lowest BCUT2D eigenvalue weighted by molar-refractivity contribution is -0.160. The third-order valence-electron chi connectivity index (χ3n) is 9.32. The van der Waals surface area contributed by atoms with E-state index in [4.69, 9.17) is 14.6 Å². The van der Waals surface area contributed by atoms with Gasteiger partial charge in [0, 0.05) is 69.0 Å². The molecule has 2 saturated heterocycles. The molecule has 0 saturated carbocycles. The van der Waals surface area contributed by atoms with E-state index in [1.54, 1.807) is 43.6 Å². The van der Waals surface area contributed by atoms with Gasteiger partial charge < -0.3 is 43.6 Å². The van der Waals surface area contributed by atoms with Crippen LogP contribution in [0.1, 0.15) is 32.5 Å². The highest BCUT2D eigenvalue weighted by molar-refractivity contribution is 5.95. The summed E-state index contributed by atoms with van der Waals surface area (Å²) in [4.78, 5) is 44.9. The maximum Gasteiger partial charge on any atom is 0.471 e. The SMILES string of the molecule is COc1ccc(N2CCN(C(=O)c3cccc(-c4noc(C(F)(F)F)n4)c3)CC2)nc1.COc1ccc(N2CCNCC2)nc1.O=C(O)c1cccc(-c2noc(C(F)(F)F)n2)c1. The van der Waals surface area contributed by atoms with Crippen molar-refractivity contribution in [3.8, 4) is 34.3 Å². The number of methoxy groups -OCH3 is 2. The van der Waals surface area contributed by atoms with E-state index < -0.39 is 30.1 Å². The summed E-state index contributed by atoms with van der Waals surface area (Å²) in [6, 6.07) is 19.0. The summed E-state index contributed by atoms with van der Waals surface area (Å²) in [5.41, 5.74) is 0.665. The molecule has 2 fully saturated rings. The van der Waals surface area contributed by atoms with Crippen molar-refractivity contribution in [1.29, 1.82) is 0 Å². The molecule has 332 valence electrons. The van der Waals surface area contributed by atoms with Gasteiger partial charge in [-0.25, -0.2) is 14.8 Å². The molecule has 8 rings (SSSR count). The number of benzene rings is 2. The number of hydrogen-bond acceptors (Lipinski definition) is 15. The topological polar surface area (TPSA) is 198 Å². The van der Waals surface area contributed by atoms with E-state index in [1.807, 2.05) is 24.3 Å². The first kappa shape index (κ1) is 45.2. The van der Waals surface area contributed by atoms with Crippen LogP contribution in [0.3, 0.4) is 0 Å². The number of piperazine rings is 2. The molecule has 2 aromatic carbocycles. The Labute approximate surface area is 354 Å². The Morgan fingerprint density at radius 1 is 0.651 bits per heavy atom. The van der Waals surface area contributed by atoms with Crippen LogP contribution in [0.15, 0.2) is 94.2 Å². The second kappa shape index (κ2) is 20.0. The number of alkyl halides is 6. The fraction of sp³-hybridized carbons (Fsp3) is 0.300. The fourth-order valence-electron chi connectivity index (χ4n) is 6.07. The number of carbonyl (C=O) groups is 2. The summed E-state index contributed by atoms with van der Waals surface area (Å²) < 4.78 is 93.3. The summed E-state index contributed by atoms with van der Waals surface area (Å²) in [7, 11) is 3.23. The molecule has 0 radical (unpaired) electrons. The molecule has 2 aliphatic heterocycles. The number of nitrogens with zero attached hydrogens (tertiary/aromatic N) is 9. The second-order valence-electron chi connectivity index (χ2n) is 13.4. The zero-order chi connectivity index (χ0) is 45.1. The smallest absolute Gasteiger partial charge is 0.471 e. The van der Waals surface area contributed by atoms with E-state index in [2.05, 4.69) is 54.4 Å². The van der Waals surface area contributed by atoms with E-state index in [9.17, 15) is 35.9 Å². The molecule has 0 aliphatic carbocycles. The first-order chi connectivity index (χ1) is 30.1. The lowest BCUT2D eigenvalue weighted by Gasteiger charge is -2.35. The van der Waals surface area contributed by atoms with Gasteiger partial charge in [0.1, 0.15) is 23.1 Å². The molecular formula is C40H38F6N10O7. The van der Waals surface area contributed by atoms with Gasteiger partial charge in [-0.2, -0.15) is 36.3 Å². The van der Waals surface area contributed by atoms with Crippen molar-refractivity contribution in [2.45, 2.75) is 12.4 Å². The number of amides is 1. The lowest BCUT2D eigenvalue weighted by atomic mass is 10.1. The van der Waals surface area contributed by atoms with Crippen LogP contribution in [0, 0.1) is 0 Å². The van der Waals surface area contributed by atoms with Crippen LogP contribution in [0.5, 0.6) is 11.5 Å². The number of ether oxygens (including phenoxy) is 2. The number of halogens is 6. The van der Waals surface area contributed by atoms with E-state index in [1.165, 1.54) is 30.3 Å². The van der Waals surface area contributed by atoms with Crippen molar-refractivity contribution < 1.29 is 59.6 Å². The lowest BCUT2D eigenvalue weighted by Crippen LogP contribution is -2.49. The summed E-state index contributed by atoms with van der Waals surface area (Å²) >= 11 is 0. The number of carbonyl (C=O) groups excluding carboxylic acids is 1. The van der Waals surface area contributed by atoms with E-state index in [0.717, 1.165) is 49.6 Å². The molecule has 23 heteroatoms. The van der Waals surface area contributed by atoms with Crippen molar-refractivity contribution in [3.05, 3.63) is 108 Å². The van der Waals surface area contributed by atoms with Gasteiger partial charge in [-0.3, -0.25) is 4.79 Å². The molecule has 0 spiro atoms. The Bertz CT molecular complexity index is 2430. The van der Waals surface area contributed by atoms with Crippen molar-refractivity contribution in [2.24, 2.45) is 0 Å². The highest BCUT2D eigenvalue weighted by Gasteiger charge is 2.39. The molecule has 6 heterocycles. The molecule has 6 aromatic rings. The summed E-state index contributed by atoms with van der Waals surface area (Å²) in [5, 5.41) is 18.6. The van der Waals surface area contributed by atoms with Gasteiger partial charge in [0.2, 0.25) is 11.6 Å². The minimum absolute atomic E-state index is 0.0779. The Hall–Kier alpha value is -7.30. The predicted octanol–water partition coefficient (Wildman–Crippen LogP) is 6.07. The van der Waals surface area contributed by atoms with Gasteiger partial charge in [-0.05, 0) is 48.5 Å². The zero-order valence-corrected chi connectivity index (χ0v) is 33.4. The Kier molecular flexibility index (Phi) is 14.4. The molecule has 63 heavy (non-hydrogen) atoms. The van der Waals surface area contributed by atoms with Crippen LogP contribution in [0.4, 0.5) is 38.0 Å². The molecule has 2 N–H and O–H groups in total. The number of anilines is 2. The minimum atomic E-state index is -4.73. The Balaban J connectivity index is 0.000000174. The molecular weight excluding hydrogens is 846 g/mol. The first-order valence-corrected chi connectivity index (χ1v) is 18.9. The van der Waals surface area contributed by atoms with Crippen molar-refractivity contribution in [3.63, 3.8) is 0 Å². The number of aromatic carboxylic acids is 1. The van der Waals surface area contributed by atoms with Crippen LogP contribution < -0.4 is 24.6 Å². The van der Waals surface area contributed by atoms with Crippen LogP contribution in [-0.4, -0.2) is 119 Å². The van der Waals surface area contributed by atoms with Gasteiger partial charge in [0.15, 0.2) is 0 Å². The van der Waals surface area contributed by atoms with Crippen LogP contribution in [-0.2, 0) is 12.4 Å². The highest BCUT2D eigenvalue weighted by Crippen LogP contribution is 2.31. The van der Waals surface area contributed by atoms with Gasteiger partial charge >= 0.3 is 30.1 Å². The maximum atomic E-state index is 12.9. The van der Waals surface area contributed by atoms with E-state index >= 15 is 0 Å². The van der Waals surface area contributed by atoms with Crippen molar-refractivity contribution in [1.82, 2.24) is 40.5 Å². The van der Waals surface area contributed by atoms with Crippen LogP contribution in [0.25, 0.3) is 22.8 Å². The van der Waals surface area contributed by atoms with Gasteiger partial charge in [-0.1, -0.05) is 34.6 Å². The second-order valence-corrected chi connectivity index (χ2v) is 13.4. The number of rotatable bonds is 8. The third-order valence-corrected chi connectivity index (χ3v) is 9.32. The fourth-order valence-corrected chi connectivity index (χ4v) is 6.07. The Morgan fingerprint density at radius 2 is 1.11 bits per heavy atom. The number of aromatic nitrogens is 6. The van der Waals surface area contributed by atoms with Crippen molar-refractivity contribution in [2.75, 3.05) is 76.4 Å². The molecule has 0 atom stereocenters. The maximum absolute atomic E-state index is 12.9. The quantitative estimate of drug-likeness (QED) is 0.167. The summed E-state index contributed by atoms with van der Waals surface area (Å²) in [6.45, 7) is 6.30. The van der Waals surface area contributed by atoms with E-state index in [-0.39, 0.29) is 34.2 Å². The van der Waals surface area contributed by atoms with Crippen LogP contribution in [0.2, 0.25) is 0 Å². The van der Waals surface area contributed by atoms with Crippen LogP contribution >= 0.6 is 0 Å². The van der Waals surface area contributed by atoms with Gasteiger partial charge in [0.05, 0.1) is 32.2 Å². The average Bonchev–Trinajstić information content (AvgIpc) is 4.03. The third kappa shape index (κ3) is 12.0. The average molecular weight is 885 g/mol. The molecule has 2 aliphatic rings. The summed E-state index contributed by atoms with van der Waals surface area (Å²) in [5.74, 6) is -1.55. The molecule has 0 unspecified atom stereocenters. The standard InChI is InChI=1S/C20H18F3N5O3.C10H5F3N2O3.C10H15N3O/c1-30-15-5-6-16(24-12-15)27-7-9-28(10-8-27)18(29)14-4-2-3-13(11-14)17-25-19(31-26-17)20(21,22)23;11-10(12,13)9-14-7(15-18-9)5-2-1-3-6(4-5)8(16)17;1-14-9-2-3-10(12-8-9)13-6-4-11-5-7-13/h2-6,11-12H,7-10H2,1H3;1-4H,(H,16,17);2-3,8,11H,4-7H2,1H3. The molecule has 17 nitrogen and oxygen atoms in total. The normalized spacial score (nSPS) is 14.2. The molecule has 4 aromatic heterocycles. The molecule has 1 amide bonds. The Morgan fingerprint density at radius 3 is 1.52 bits per heavy atom. The van der Waals surface area contributed by atoms with Gasteiger partial charge in [-0.15, -0.1) is 0 Å². The first-order valence-electron chi connectivity index (χ1n) is 18.9. The number of nitrogens with one attached hydrogen (secondary N) is 1. The zero-order valence-electron chi connectivity index (χ0n) is 33.4. The number of hydrogen-bond donors (Lipinski definition) is 2. The minimum Gasteiger partial charge on any atom is -0.495 e. The largest absolute Gasteiger partial charge is 0.495 e. The number of carboxylic acid groups (broad SMARTS) is 1. The van der Waals surface area contributed by atoms with Crippen molar-refractivity contribution >= 4 is 23.5 Å². The monoisotopic (exact) mass is 884 g/mol. The number of pyridine rings is 2. The van der Waals surface area contributed by atoms with Gasteiger partial charge in [0.25, 0.3) is 5.91 Å². The predicted molar refractivity (Wildman–Crippen MR) is 211 cm³/mol. The summed E-state index contributed by atoms with van der Waals surface area (Å²) in [6.07, 6.45) is -6.05. The number of carboxylic acids is 1. The van der Waals surface area contributed by atoms with E-state index in [0.29, 0.717) is 37.5 Å². The highest BCUT2D eigenvalue weighted by atomic mass is 19.4. The molecule has 0 bridgehead atoms.